The van der Waals surface area contributed by atoms with Crippen LogP contribution < -0.4 is 14.8 Å². The molecule has 4 aromatic rings. The molecule has 0 aliphatic heterocycles. The quantitative estimate of drug-likeness (QED) is 0.404. The average Bonchev–Trinajstić information content (AvgIpc) is 2.83. The predicted molar refractivity (Wildman–Crippen MR) is 128 cm³/mol. The first kappa shape index (κ1) is 21.7. The smallest absolute Gasteiger partial charge is 0.252 e. The molecule has 1 aromatic heterocycles. The van der Waals surface area contributed by atoms with Crippen molar-refractivity contribution in [2.24, 2.45) is 0 Å². The molecule has 0 unspecified atom stereocenters. The number of hydrogen-bond acceptors (Lipinski definition) is 4. The molecular weight excluding hydrogens is 424 g/mol. The number of carbonyl (C=O) groups excluding carboxylic acids is 1. The molecule has 0 aliphatic rings. The van der Waals surface area contributed by atoms with Gasteiger partial charge in [0.25, 0.3) is 5.91 Å². The van der Waals surface area contributed by atoms with Crippen LogP contribution in [0.15, 0.2) is 72.8 Å². The van der Waals surface area contributed by atoms with Crippen molar-refractivity contribution in [1.29, 1.82) is 0 Å². The Morgan fingerprint density at radius 3 is 2.44 bits per heavy atom. The molecule has 0 saturated heterocycles. The number of methoxy groups -OCH3 is 2. The molecule has 4 rings (SSSR count). The van der Waals surface area contributed by atoms with Crippen LogP contribution in [0, 0.1) is 0 Å². The van der Waals surface area contributed by atoms with Gasteiger partial charge in [-0.3, -0.25) is 4.79 Å². The molecule has 0 bridgehead atoms. The number of carbonyl (C=O) groups is 1. The van der Waals surface area contributed by atoms with Gasteiger partial charge < -0.3 is 14.8 Å². The molecule has 0 saturated carbocycles. The molecule has 3 aromatic carbocycles. The van der Waals surface area contributed by atoms with Gasteiger partial charge in [0, 0.05) is 22.5 Å². The van der Waals surface area contributed by atoms with E-state index in [1.54, 1.807) is 14.2 Å². The summed E-state index contributed by atoms with van der Waals surface area (Å²) in [6.07, 6.45) is 0.666. The minimum atomic E-state index is -0.140. The fourth-order valence-corrected chi connectivity index (χ4v) is 3.71. The summed E-state index contributed by atoms with van der Waals surface area (Å²) in [6.45, 7) is 0.487. The number of aromatic nitrogens is 1. The Kier molecular flexibility index (Phi) is 6.57. The van der Waals surface area contributed by atoms with Crippen LogP contribution in [0.5, 0.6) is 11.5 Å². The molecule has 6 heteroatoms. The highest BCUT2D eigenvalue weighted by Gasteiger charge is 2.14. The molecule has 1 heterocycles. The first-order valence-electron chi connectivity index (χ1n) is 10.2. The lowest BCUT2D eigenvalue weighted by Gasteiger charge is -2.12. The third-order valence-electron chi connectivity index (χ3n) is 5.25. The number of nitrogens with one attached hydrogen (secondary N) is 1. The van der Waals surface area contributed by atoms with E-state index in [2.05, 4.69) is 5.32 Å². The lowest BCUT2D eigenvalue weighted by atomic mass is 10.0. The Hall–Kier alpha value is -3.57. The minimum absolute atomic E-state index is 0.140. The van der Waals surface area contributed by atoms with Crippen LogP contribution in [0.3, 0.4) is 0 Å². The normalized spacial score (nSPS) is 10.7. The molecule has 0 spiro atoms. The number of rotatable bonds is 7. The Balaban J connectivity index is 1.56. The summed E-state index contributed by atoms with van der Waals surface area (Å²) in [7, 11) is 3.21. The number of hydrogen-bond donors (Lipinski definition) is 1. The molecule has 32 heavy (non-hydrogen) atoms. The van der Waals surface area contributed by atoms with Crippen LogP contribution in [0.2, 0.25) is 5.02 Å². The molecular formula is C26H23ClN2O3. The summed E-state index contributed by atoms with van der Waals surface area (Å²) in [5.41, 5.74) is 4.03. The number of ether oxygens (including phenoxy) is 2. The standard InChI is InChI=1S/C26H23ClN2O3/c1-31-24-12-7-17(15-25(24)32-2)13-14-28-26(30)21-16-23(18-8-10-19(27)11-9-18)29-22-6-4-3-5-20(21)22/h3-12,15-16H,13-14H2,1-2H3,(H,28,30). The third-order valence-corrected chi connectivity index (χ3v) is 5.50. The Bertz CT molecular complexity index is 1260. The van der Waals surface area contributed by atoms with Crippen LogP contribution in [0.25, 0.3) is 22.2 Å². The SMILES string of the molecule is COc1ccc(CCNC(=O)c2cc(-c3ccc(Cl)cc3)nc3ccccc23)cc1OC. The average molecular weight is 447 g/mol. The first-order valence-corrected chi connectivity index (χ1v) is 10.6. The van der Waals surface area contributed by atoms with Gasteiger partial charge in [0.15, 0.2) is 11.5 Å². The van der Waals surface area contributed by atoms with E-state index >= 15 is 0 Å². The maximum Gasteiger partial charge on any atom is 0.252 e. The molecule has 162 valence electrons. The van der Waals surface area contributed by atoms with Crippen molar-refractivity contribution in [2.45, 2.75) is 6.42 Å². The zero-order valence-electron chi connectivity index (χ0n) is 17.9. The summed E-state index contributed by atoms with van der Waals surface area (Å²) in [4.78, 5) is 17.8. The Morgan fingerprint density at radius 2 is 1.69 bits per heavy atom. The van der Waals surface area contributed by atoms with Crippen molar-refractivity contribution in [3.05, 3.63) is 88.9 Å². The second kappa shape index (κ2) is 9.71. The highest BCUT2D eigenvalue weighted by Crippen LogP contribution is 2.28. The summed E-state index contributed by atoms with van der Waals surface area (Å²) in [6, 6.07) is 22.7. The summed E-state index contributed by atoms with van der Waals surface area (Å²) < 4.78 is 10.6. The van der Waals surface area contributed by atoms with Crippen LogP contribution in [0.1, 0.15) is 15.9 Å². The van der Waals surface area contributed by atoms with Crippen LogP contribution >= 0.6 is 11.6 Å². The van der Waals surface area contributed by atoms with E-state index in [1.165, 1.54) is 0 Å². The van der Waals surface area contributed by atoms with Gasteiger partial charge in [0.1, 0.15) is 0 Å². The van der Waals surface area contributed by atoms with Gasteiger partial charge in [-0.25, -0.2) is 4.98 Å². The highest BCUT2D eigenvalue weighted by molar-refractivity contribution is 6.30. The lowest BCUT2D eigenvalue weighted by Crippen LogP contribution is -2.26. The zero-order chi connectivity index (χ0) is 22.5. The van der Waals surface area contributed by atoms with Crippen molar-refractivity contribution < 1.29 is 14.3 Å². The zero-order valence-corrected chi connectivity index (χ0v) is 18.6. The number of halogens is 1. The molecule has 5 nitrogen and oxygen atoms in total. The maximum atomic E-state index is 13.1. The fraction of sp³-hybridized carbons (Fsp3) is 0.154. The largest absolute Gasteiger partial charge is 0.493 e. The van der Waals surface area contributed by atoms with Gasteiger partial charge in [-0.1, -0.05) is 48.0 Å². The lowest BCUT2D eigenvalue weighted by molar-refractivity contribution is 0.0955. The van der Waals surface area contributed by atoms with Gasteiger partial charge >= 0.3 is 0 Å². The molecule has 1 N–H and O–H groups in total. The van der Waals surface area contributed by atoms with Crippen molar-refractivity contribution in [2.75, 3.05) is 20.8 Å². The van der Waals surface area contributed by atoms with Crippen molar-refractivity contribution in [3.8, 4) is 22.8 Å². The highest BCUT2D eigenvalue weighted by atomic mass is 35.5. The maximum absolute atomic E-state index is 13.1. The Labute approximate surface area is 192 Å². The van der Waals surface area contributed by atoms with E-state index in [1.807, 2.05) is 72.8 Å². The molecule has 0 fully saturated rings. The van der Waals surface area contributed by atoms with E-state index in [-0.39, 0.29) is 5.91 Å². The second-order valence-corrected chi connectivity index (χ2v) is 7.71. The van der Waals surface area contributed by atoms with Gasteiger partial charge in [-0.15, -0.1) is 0 Å². The number of nitrogens with zero attached hydrogens (tertiary/aromatic N) is 1. The van der Waals surface area contributed by atoms with E-state index in [4.69, 9.17) is 26.1 Å². The van der Waals surface area contributed by atoms with Gasteiger partial charge in [0.05, 0.1) is 31.0 Å². The van der Waals surface area contributed by atoms with Crippen molar-refractivity contribution in [3.63, 3.8) is 0 Å². The molecule has 0 atom stereocenters. The number of fused-ring (bicyclic) bond motifs is 1. The minimum Gasteiger partial charge on any atom is -0.493 e. The number of pyridine rings is 1. The summed E-state index contributed by atoms with van der Waals surface area (Å²) in [5, 5.41) is 4.50. The number of amides is 1. The van der Waals surface area contributed by atoms with E-state index in [0.29, 0.717) is 35.1 Å². The van der Waals surface area contributed by atoms with Crippen molar-refractivity contribution >= 4 is 28.4 Å². The van der Waals surface area contributed by atoms with E-state index in [0.717, 1.165) is 27.7 Å². The van der Waals surface area contributed by atoms with Gasteiger partial charge in [0.2, 0.25) is 0 Å². The molecule has 1 amide bonds. The number of benzene rings is 3. The molecule has 0 aliphatic carbocycles. The monoisotopic (exact) mass is 446 g/mol. The van der Waals surface area contributed by atoms with E-state index in [9.17, 15) is 4.79 Å². The second-order valence-electron chi connectivity index (χ2n) is 7.27. The fourth-order valence-electron chi connectivity index (χ4n) is 3.58. The van der Waals surface area contributed by atoms with Crippen LogP contribution in [-0.4, -0.2) is 31.7 Å². The Morgan fingerprint density at radius 1 is 0.938 bits per heavy atom. The molecule has 0 radical (unpaired) electrons. The van der Waals surface area contributed by atoms with Crippen molar-refractivity contribution in [1.82, 2.24) is 10.3 Å². The summed E-state index contributed by atoms with van der Waals surface area (Å²) in [5.74, 6) is 1.21. The third kappa shape index (κ3) is 4.68. The van der Waals surface area contributed by atoms with Gasteiger partial charge in [-0.05, 0) is 48.4 Å². The summed E-state index contributed by atoms with van der Waals surface area (Å²) >= 11 is 6.02. The van der Waals surface area contributed by atoms with Crippen LogP contribution in [0.4, 0.5) is 0 Å². The number of para-hydroxylation sites is 1. The first-order chi connectivity index (χ1) is 15.6. The topological polar surface area (TPSA) is 60.5 Å². The van der Waals surface area contributed by atoms with E-state index < -0.39 is 0 Å². The van der Waals surface area contributed by atoms with Crippen LogP contribution in [-0.2, 0) is 6.42 Å². The van der Waals surface area contributed by atoms with Gasteiger partial charge in [-0.2, -0.15) is 0 Å². The predicted octanol–water partition coefficient (Wildman–Crippen LogP) is 5.54.